The van der Waals surface area contributed by atoms with Gasteiger partial charge in [0.2, 0.25) is 0 Å². The molecule has 158 valence electrons. The molecule has 0 aromatic rings. The number of unbranched alkanes of at least 4 members (excludes halogenated alkanes) is 11. The van der Waals surface area contributed by atoms with Crippen LogP contribution < -0.4 is 0 Å². The molecule has 0 fully saturated rings. The molecule has 0 radical (unpaired) electrons. The first-order valence-corrected chi connectivity index (χ1v) is 11.0. The van der Waals surface area contributed by atoms with Gasteiger partial charge in [0.15, 0.2) is 5.92 Å². The molecule has 0 rings (SSSR count). The minimum absolute atomic E-state index is 0. The van der Waals surface area contributed by atoms with Gasteiger partial charge in [0, 0.05) is 0 Å². The van der Waals surface area contributed by atoms with Crippen LogP contribution in [0.15, 0.2) is 0 Å². The molecule has 0 saturated carbocycles. The summed E-state index contributed by atoms with van der Waals surface area (Å²) in [6.07, 6.45) is 18.4. The Kier molecular flexibility index (Phi) is 23.4. The Morgan fingerprint density at radius 3 is 1.37 bits per heavy atom. The summed E-state index contributed by atoms with van der Waals surface area (Å²) in [6.45, 7) is 4.39. The molecule has 0 aliphatic heterocycles. The van der Waals surface area contributed by atoms with Crippen molar-refractivity contribution in [3.8, 4) is 0 Å². The summed E-state index contributed by atoms with van der Waals surface area (Å²) >= 11 is 0. The average molecular weight is 510 g/mol. The molecule has 0 aliphatic carbocycles. The third-order valence-electron chi connectivity index (χ3n) is 5.35. The second-order valence-electron chi connectivity index (χ2n) is 7.80. The molecule has 2 N–H and O–H groups in total. The molecule has 0 spiro atoms. The molecule has 0 bridgehead atoms. The fourth-order valence-electron chi connectivity index (χ4n) is 3.62. The molecule has 5 heteroatoms. The molecule has 1 atom stereocenters. The van der Waals surface area contributed by atoms with Crippen molar-refractivity contribution in [1.29, 1.82) is 0 Å². The van der Waals surface area contributed by atoms with Crippen molar-refractivity contribution in [2.75, 3.05) is 0 Å². The van der Waals surface area contributed by atoms with Crippen LogP contribution in [0.1, 0.15) is 117 Å². The van der Waals surface area contributed by atoms with Crippen molar-refractivity contribution in [3.05, 3.63) is 0 Å². The number of aliphatic carboxylic acids is 2. The molecule has 0 aromatic heterocycles. The zero-order valence-corrected chi connectivity index (χ0v) is 17.2. The van der Waals surface area contributed by atoms with Gasteiger partial charge in [0.05, 0.1) is 0 Å². The second-order valence-corrected chi connectivity index (χ2v) is 7.80. The fraction of sp³-hybridized carbons (Fsp3) is 0.909. The van der Waals surface area contributed by atoms with Gasteiger partial charge in [-0.15, -0.1) is 0 Å². The first-order chi connectivity index (χ1) is 12.5. The van der Waals surface area contributed by atoms with Crippen LogP contribution in [0, 0.1) is 11.8 Å². The summed E-state index contributed by atoms with van der Waals surface area (Å²) in [5.74, 6) is -3.40. The summed E-state index contributed by atoms with van der Waals surface area (Å²) < 4.78 is 0. The molecule has 0 aromatic carbocycles. The number of carbonyl (C=O) groups is 2. The predicted octanol–water partition coefficient (Wildman–Crippen LogP) is 5.75. The Hall–Kier alpha value is 0.511. The summed E-state index contributed by atoms with van der Waals surface area (Å²) in [7, 11) is 0. The van der Waals surface area contributed by atoms with Gasteiger partial charge in [-0.05, 0) is 12.3 Å². The summed E-state index contributed by atoms with van der Waals surface area (Å²) in [6, 6.07) is 0. The van der Waals surface area contributed by atoms with Gasteiger partial charge in [-0.1, -0.05) is 110 Å². The number of rotatable bonds is 19. The predicted molar refractivity (Wildman–Crippen MR) is 116 cm³/mol. The molecule has 4 nitrogen and oxygen atoms in total. The van der Waals surface area contributed by atoms with Crippen molar-refractivity contribution in [2.45, 2.75) is 117 Å². The standard InChI is InChI=1S/C22H42O4.Ba.2H/c1-3-5-7-8-9-10-11-12-13-15-17-19(16-14-6-4-2)18-20(21(23)24)22(25)26;;;/h19-20H,3-18H2,1-2H3,(H,23,24)(H,25,26);;;. The van der Waals surface area contributed by atoms with E-state index in [0.29, 0.717) is 0 Å². The number of carboxylic acids is 2. The van der Waals surface area contributed by atoms with E-state index in [2.05, 4.69) is 13.8 Å². The Balaban J connectivity index is 0. The molecule has 0 saturated heterocycles. The van der Waals surface area contributed by atoms with Gasteiger partial charge in [-0.3, -0.25) is 9.59 Å². The van der Waals surface area contributed by atoms with E-state index in [1.165, 1.54) is 57.8 Å². The molecule has 0 heterocycles. The van der Waals surface area contributed by atoms with Crippen molar-refractivity contribution in [2.24, 2.45) is 11.8 Å². The van der Waals surface area contributed by atoms with Crippen LogP contribution in [0.5, 0.6) is 0 Å². The van der Waals surface area contributed by atoms with E-state index in [4.69, 9.17) is 10.2 Å². The van der Waals surface area contributed by atoms with Gasteiger partial charge >= 0.3 is 60.8 Å². The van der Waals surface area contributed by atoms with E-state index in [0.717, 1.165) is 38.5 Å². The van der Waals surface area contributed by atoms with Crippen LogP contribution in [-0.4, -0.2) is 71.0 Å². The first kappa shape index (κ1) is 29.7. The van der Waals surface area contributed by atoms with Crippen LogP contribution in [0.4, 0.5) is 0 Å². The molecular weight excluding hydrogens is 466 g/mol. The van der Waals surface area contributed by atoms with Crippen LogP contribution in [0.3, 0.4) is 0 Å². The summed E-state index contributed by atoms with van der Waals surface area (Å²) in [5, 5.41) is 18.3. The average Bonchev–Trinajstić information content (AvgIpc) is 2.60. The Labute approximate surface area is 207 Å². The first-order valence-electron chi connectivity index (χ1n) is 11.0. The Bertz CT molecular complexity index is 346. The van der Waals surface area contributed by atoms with Crippen molar-refractivity contribution >= 4 is 60.8 Å². The van der Waals surface area contributed by atoms with Crippen LogP contribution in [0.2, 0.25) is 0 Å². The van der Waals surface area contributed by atoms with Crippen molar-refractivity contribution < 1.29 is 19.8 Å². The van der Waals surface area contributed by atoms with Gasteiger partial charge in [0.25, 0.3) is 0 Å². The van der Waals surface area contributed by atoms with Gasteiger partial charge in [-0.2, -0.15) is 0 Å². The van der Waals surface area contributed by atoms with E-state index < -0.39 is 17.9 Å². The molecule has 1 unspecified atom stereocenters. The van der Waals surface area contributed by atoms with Crippen LogP contribution >= 0.6 is 0 Å². The van der Waals surface area contributed by atoms with E-state index in [9.17, 15) is 9.59 Å². The minimum atomic E-state index is -1.25. The van der Waals surface area contributed by atoms with E-state index in [1.807, 2.05) is 0 Å². The van der Waals surface area contributed by atoms with E-state index >= 15 is 0 Å². The maximum absolute atomic E-state index is 11.2. The Morgan fingerprint density at radius 1 is 0.630 bits per heavy atom. The SMILES string of the molecule is CCCCCCCCCCCCC(CCCCC)CC(C(=O)O)C(=O)O.[BaH2]. The van der Waals surface area contributed by atoms with E-state index in [1.54, 1.807) is 0 Å². The second kappa shape index (κ2) is 21.2. The molecule has 0 amide bonds. The maximum atomic E-state index is 11.2. The van der Waals surface area contributed by atoms with Gasteiger partial charge in [0.1, 0.15) is 0 Å². The molecule has 0 aliphatic rings. The Morgan fingerprint density at radius 2 is 0.963 bits per heavy atom. The van der Waals surface area contributed by atoms with Crippen molar-refractivity contribution in [3.63, 3.8) is 0 Å². The summed E-state index contributed by atoms with van der Waals surface area (Å²) in [4.78, 5) is 22.3. The number of hydrogen-bond acceptors (Lipinski definition) is 2. The zero-order valence-electron chi connectivity index (χ0n) is 17.2. The topological polar surface area (TPSA) is 74.6 Å². The van der Waals surface area contributed by atoms with Gasteiger partial charge in [-0.25, -0.2) is 0 Å². The third kappa shape index (κ3) is 18.3. The quantitative estimate of drug-likeness (QED) is 0.132. The van der Waals surface area contributed by atoms with Gasteiger partial charge < -0.3 is 10.2 Å². The van der Waals surface area contributed by atoms with Crippen LogP contribution in [-0.2, 0) is 9.59 Å². The van der Waals surface area contributed by atoms with E-state index in [-0.39, 0.29) is 61.2 Å². The fourth-order valence-corrected chi connectivity index (χ4v) is 3.62. The number of hydrogen-bond donors (Lipinski definition) is 2. The normalized spacial score (nSPS) is 12.0. The van der Waals surface area contributed by atoms with Crippen molar-refractivity contribution in [1.82, 2.24) is 0 Å². The number of carboxylic acid groups (broad SMARTS) is 2. The summed E-state index contributed by atoms with van der Waals surface area (Å²) in [5.41, 5.74) is 0. The van der Waals surface area contributed by atoms with Crippen LogP contribution in [0.25, 0.3) is 0 Å². The molecular formula is C22H44BaO4. The monoisotopic (exact) mass is 510 g/mol. The third-order valence-corrected chi connectivity index (χ3v) is 5.35. The molecule has 27 heavy (non-hydrogen) atoms. The zero-order chi connectivity index (χ0) is 19.6.